The predicted octanol–water partition coefficient (Wildman–Crippen LogP) is 3.52. The number of aryl methyl sites for hydroxylation is 1. The fraction of sp³-hybridized carbons (Fsp3) is 0.214. The first-order valence-electron chi connectivity index (χ1n) is 6.00. The summed E-state index contributed by atoms with van der Waals surface area (Å²) in [6.07, 6.45) is 2.61. The molecule has 0 radical (unpaired) electrons. The van der Waals surface area contributed by atoms with E-state index in [1.54, 1.807) is 24.4 Å². The molecule has 19 heavy (non-hydrogen) atoms. The van der Waals surface area contributed by atoms with Crippen LogP contribution in [-0.4, -0.2) is 4.98 Å². The number of ether oxygens (including phenoxy) is 1. The molecule has 2 heterocycles. The van der Waals surface area contributed by atoms with Crippen molar-refractivity contribution in [2.45, 2.75) is 18.9 Å². The van der Waals surface area contributed by atoms with Crippen LogP contribution in [0.25, 0.3) is 0 Å². The lowest BCUT2D eigenvalue weighted by molar-refractivity contribution is 0.167. The zero-order chi connectivity index (χ0) is 13.4. The van der Waals surface area contributed by atoms with Gasteiger partial charge in [-0.15, -0.1) is 0 Å². The number of rotatable bonds is 1. The maximum Gasteiger partial charge on any atom is 0.148 e. The van der Waals surface area contributed by atoms with E-state index in [9.17, 15) is 4.39 Å². The molecule has 0 aliphatic carbocycles. The summed E-state index contributed by atoms with van der Waals surface area (Å²) < 4.78 is 19.5. The number of hydrogen-bond donors (Lipinski definition) is 1. The molecule has 5 heteroatoms. The number of aromatic nitrogens is 1. The second-order valence-corrected chi connectivity index (χ2v) is 4.90. The Bertz CT molecular complexity index is 633. The molecule has 0 saturated heterocycles. The number of halogens is 2. The zero-order valence-electron chi connectivity index (χ0n) is 10.1. The summed E-state index contributed by atoms with van der Waals surface area (Å²) in [5.74, 6) is 0.307. The Balaban J connectivity index is 1.94. The van der Waals surface area contributed by atoms with Gasteiger partial charge in [-0.2, -0.15) is 0 Å². The number of nitrogens with two attached hydrogens (primary N) is 1. The number of pyridine rings is 1. The highest BCUT2D eigenvalue weighted by atomic mass is 35.5. The van der Waals surface area contributed by atoms with Crippen molar-refractivity contribution >= 4 is 17.3 Å². The molecule has 0 amide bonds. The molecule has 1 aromatic heterocycles. The molecule has 0 unspecified atom stereocenters. The number of nitrogens with zero attached hydrogens (tertiary/aromatic N) is 1. The van der Waals surface area contributed by atoms with Gasteiger partial charge in [-0.3, -0.25) is 4.98 Å². The molecule has 1 atom stereocenters. The van der Waals surface area contributed by atoms with Crippen LogP contribution in [0, 0.1) is 5.82 Å². The number of benzene rings is 1. The fourth-order valence-electron chi connectivity index (χ4n) is 2.24. The Morgan fingerprint density at radius 3 is 3.05 bits per heavy atom. The third-order valence-corrected chi connectivity index (χ3v) is 3.54. The van der Waals surface area contributed by atoms with Crippen molar-refractivity contribution in [3.05, 3.63) is 52.6 Å². The van der Waals surface area contributed by atoms with Crippen molar-refractivity contribution in [2.24, 2.45) is 0 Å². The average molecular weight is 279 g/mol. The molecule has 0 saturated carbocycles. The number of anilines is 1. The summed E-state index contributed by atoms with van der Waals surface area (Å²) in [7, 11) is 0. The molecule has 3 nitrogen and oxygen atoms in total. The van der Waals surface area contributed by atoms with E-state index in [-0.39, 0.29) is 11.9 Å². The van der Waals surface area contributed by atoms with Gasteiger partial charge >= 0.3 is 0 Å². The van der Waals surface area contributed by atoms with Gasteiger partial charge in [0.25, 0.3) is 0 Å². The molecule has 0 bridgehead atoms. The van der Waals surface area contributed by atoms with Crippen molar-refractivity contribution in [2.75, 3.05) is 5.73 Å². The first kappa shape index (κ1) is 12.2. The van der Waals surface area contributed by atoms with Crippen molar-refractivity contribution < 1.29 is 9.13 Å². The molecular weight excluding hydrogens is 267 g/mol. The quantitative estimate of drug-likeness (QED) is 0.812. The maximum atomic E-state index is 13.7. The van der Waals surface area contributed by atoms with Crippen LogP contribution in [0.3, 0.4) is 0 Å². The molecule has 98 valence electrons. The zero-order valence-corrected chi connectivity index (χ0v) is 10.8. The van der Waals surface area contributed by atoms with Gasteiger partial charge in [0.05, 0.1) is 10.7 Å². The minimum absolute atomic E-state index is 0.335. The van der Waals surface area contributed by atoms with Crippen LogP contribution in [0.15, 0.2) is 30.5 Å². The van der Waals surface area contributed by atoms with Crippen LogP contribution < -0.4 is 10.5 Å². The van der Waals surface area contributed by atoms with Crippen LogP contribution >= 0.6 is 11.6 Å². The van der Waals surface area contributed by atoms with E-state index in [0.29, 0.717) is 28.6 Å². The van der Waals surface area contributed by atoms with E-state index in [0.717, 1.165) is 12.0 Å². The maximum absolute atomic E-state index is 13.7. The first-order valence-corrected chi connectivity index (χ1v) is 6.38. The van der Waals surface area contributed by atoms with Crippen molar-refractivity contribution in [3.8, 4) is 5.75 Å². The van der Waals surface area contributed by atoms with Crippen LogP contribution in [0.4, 0.5) is 10.1 Å². The van der Waals surface area contributed by atoms with Crippen LogP contribution in [0.1, 0.15) is 23.8 Å². The molecule has 3 rings (SSSR count). The van der Waals surface area contributed by atoms with E-state index >= 15 is 0 Å². The van der Waals surface area contributed by atoms with Gasteiger partial charge in [-0.05, 0) is 36.6 Å². The Labute approximate surface area is 115 Å². The Hall–Kier alpha value is -1.81. The lowest BCUT2D eigenvalue weighted by Gasteiger charge is -2.26. The molecule has 1 aliphatic rings. The summed E-state index contributed by atoms with van der Waals surface area (Å²) in [5, 5.41) is 0.518. The number of fused-ring (bicyclic) bond motifs is 1. The highest BCUT2D eigenvalue weighted by molar-refractivity contribution is 6.33. The van der Waals surface area contributed by atoms with Crippen LogP contribution in [0.2, 0.25) is 5.02 Å². The van der Waals surface area contributed by atoms with Crippen molar-refractivity contribution in [3.63, 3.8) is 0 Å². The Morgan fingerprint density at radius 2 is 2.26 bits per heavy atom. The molecule has 1 aromatic carbocycles. The van der Waals surface area contributed by atoms with Crippen molar-refractivity contribution in [1.82, 2.24) is 4.98 Å². The van der Waals surface area contributed by atoms with E-state index < -0.39 is 0 Å². The van der Waals surface area contributed by atoms with Gasteiger partial charge in [0.1, 0.15) is 23.4 Å². The van der Waals surface area contributed by atoms with Gasteiger partial charge in [0.15, 0.2) is 0 Å². The SMILES string of the molecule is Nc1cc2c(cc1Cl)CC[C@H](c1ncccc1F)O2. The lowest BCUT2D eigenvalue weighted by atomic mass is 9.99. The second-order valence-electron chi connectivity index (χ2n) is 4.50. The average Bonchev–Trinajstić information content (AvgIpc) is 2.40. The lowest BCUT2D eigenvalue weighted by Crippen LogP contribution is -2.17. The van der Waals surface area contributed by atoms with Gasteiger partial charge < -0.3 is 10.5 Å². The summed E-state index contributed by atoms with van der Waals surface area (Å²) in [5.41, 5.74) is 7.54. The summed E-state index contributed by atoms with van der Waals surface area (Å²) >= 11 is 5.97. The third-order valence-electron chi connectivity index (χ3n) is 3.22. The van der Waals surface area contributed by atoms with Crippen molar-refractivity contribution in [1.29, 1.82) is 0 Å². The fourth-order valence-corrected chi connectivity index (χ4v) is 2.43. The van der Waals surface area contributed by atoms with Gasteiger partial charge in [-0.1, -0.05) is 11.6 Å². The Morgan fingerprint density at radius 1 is 1.42 bits per heavy atom. The Kier molecular flexibility index (Phi) is 3.03. The summed E-state index contributed by atoms with van der Waals surface area (Å²) in [6.45, 7) is 0. The van der Waals surface area contributed by atoms with Gasteiger partial charge in [0, 0.05) is 12.3 Å². The van der Waals surface area contributed by atoms with Crippen LogP contribution in [-0.2, 0) is 6.42 Å². The van der Waals surface area contributed by atoms with E-state index in [1.165, 1.54) is 6.07 Å². The third kappa shape index (κ3) is 2.24. The van der Waals surface area contributed by atoms with Gasteiger partial charge in [0.2, 0.25) is 0 Å². The molecule has 1 aliphatic heterocycles. The van der Waals surface area contributed by atoms with Gasteiger partial charge in [-0.25, -0.2) is 4.39 Å². The molecular formula is C14H12ClFN2O. The topological polar surface area (TPSA) is 48.1 Å². The summed E-state index contributed by atoms with van der Waals surface area (Å²) in [4.78, 5) is 4.06. The normalized spacial score (nSPS) is 17.7. The van der Waals surface area contributed by atoms with Crippen LogP contribution in [0.5, 0.6) is 5.75 Å². The molecule has 2 aromatic rings. The monoisotopic (exact) mass is 278 g/mol. The minimum atomic E-state index is -0.380. The highest BCUT2D eigenvalue weighted by Crippen LogP contribution is 2.38. The molecule has 2 N–H and O–H groups in total. The summed E-state index contributed by atoms with van der Waals surface area (Å²) in [6, 6.07) is 6.44. The van der Waals surface area contributed by atoms with E-state index in [4.69, 9.17) is 22.1 Å². The number of nitrogen functional groups attached to an aromatic ring is 1. The smallest absolute Gasteiger partial charge is 0.148 e. The first-order chi connectivity index (χ1) is 9.15. The van der Waals surface area contributed by atoms with E-state index in [1.807, 2.05) is 0 Å². The molecule has 0 spiro atoms. The van der Waals surface area contributed by atoms with E-state index in [2.05, 4.69) is 4.98 Å². The predicted molar refractivity (Wildman–Crippen MR) is 71.7 cm³/mol. The highest BCUT2D eigenvalue weighted by Gasteiger charge is 2.25. The number of hydrogen-bond acceptors (Lipinski definition) is 3. The standard InChI is InChI=1S/C14H12ClFN2O/c15-9-6-8-3-4-12(19-13(8)7-11(9)17)14-10(16)2-1-5-18-14/h1-2,5-7,12H,3-4,17H2/t12-/m1/s1. The largest absolute Gasteiger partial charge is 0.484 e. The minimum Gasteiger partial charge on any atom is -0.484 e. The second kappa shape index (κ2) is 4.70. The molecule has 0 fully saturated rings.